The largest absolute Gasteiger partial charge is 0.508 e. The molecule has 6 heteroatoms. The highest BCUT2D eigenvalue weighted by molar-refractivity contribution is 5.94. The molecule has 0 bridgehead atoms. The Hall–Kier alpha value is -2.73. The van der Waals surface area contributed by atoms with E-state index in [-0.39, 0.29) is 5.75 Å². The van der Waals surface area contributed by atoms with E-state index in [4.69, 9.17) is 0 Å². The average molecular weight is 358 g/mol. The molecule has 0 fully saturated rings. The van der Waals surface area contributed by atoms with Gasteiger partial charge in [0.15, 0.2) is 0 Å². The van der Waals surface area contributed by atoms with Gasteiger partial charge in [0.1, 0.15) is 23.1 Å². The number of nitrogens with one attached hydrogen (secondary N) is 1. The quantitative estimate of drug-likeness (QED) is 0.874. The van der Waals surface area contributed by atoms with Gasteiger partial charge in [-0.05, 0) is 48.7 Å². The average Bonchev–Trinajstić information content (AvgIpc) is 2.65. The molecular formula is C20H20F2N2O2. The van der Waals surface area contributed by atoms with Crippen LogP contribution in [0.3, 0.4) is 0 Å². The summed E-state index contributed by atoms with van der Waals surface area (Å²) in [5, 5.41) is 11.7. The Morgan fingerprint density at radius 1 is 1.15 bits per heavy atom. The van der Waals surface area contributed by atoms with E-state index >= 15 is 0 Å². The van der Waals surface area contributed by atoms with E-state index < -0.39 is 29.3 Å². The summed E-state index contributed by atoms with van der Waals surface area (Å²) in [6, 6.07) is 9.94. The Kier molecular flexibility index (Phi) is 5.32. The summed E-state index contributed by atoms with van der Waals surface area (Å²) >= 11 is 0. The van der Waals surface area contributed by atoms with Gasteiger partial charge in [-0.2, -0.15) is 0 Å². The van der Waals surface area contributed by atoms with Crippen LogP contribution < -0.4 is 5.32 Å². The lowest BCUT2D eigenvalue weighted by Crippen LogP contribution is -2.44. The molecule has 0 saturated carbocycles. The molecule has 1 aliphatic rings. The fraction of sp³-hybridized carbons (Fsp3) is 0.250. The van der Waals surface area contributed by atoms with Gasteiger partial charge in [-0.3, -0.25) is 9.69 Å². The zero-order chi connectivity index (χ0) is 18.7. The summed E-state index contributed by atoms with van der Waals surface area (Å²) in [6.45, 7) is 2.93. The number of anilines is 1. The number of aromatic hydroxyl groups is 1. The third kappa shape index (κ3) is 3.91. The first-order chi connectivity index (χ1) is 12.5. The maximum atomic E-state index is 13.7. The number of para-hydroxylation sites is 1. The summed E-state index contributed by atoms with van der Waals surface area (Å²) in [4.78, 5) is 14.3. The van der Waals surface area contributed by atoms with E-state index in [0.717, 1.165) is 29.7 Å². The van der Waals surface area contributed by atoms with Crippen molar-refractivity contribution < 1.29 is 18.7 Å². The molecule has 1 unspecified atom stereocenters. The first-order valence-corrected chi connectivity index (χ1v) is 8.43. The number of phenols is 1. The lowest BCUT2D eigenvalue weighted by Gasteiger charge is -2.31. The molecule has 2 aromatic carbocycles. The van der Waals surface area contributed by atoms with Crippen LogP contribution >= 0.6 is 0 Å². The second-order valence-corrected chi connectivity index (χ2v) is 6.28. The van der Waals surface area contributed by atoms with Crippen molar-refractivity contribution in [3.05, 3.63) is 65.7 Å². The smallest absolute Gasteiger partial charge is 0.241 e. The number of nitrogens with zero attached hydrogens (tertiary/aromatic N) is 1. The molecule has 136 valence electrons. The number of amides is 1. The molecule has 1 aliphatic heterocycles. The summed E-state index contributed by atoms with van der Waals surface area (Å²) in [5.41, 5.74) is 1.77. The summed E-state index contributed by atoms with van der Waals surface area (Å²) < 4.78 is 27.4. The number of halogens is 2. The second-order valence-electron chi connectivity index (χ2n) is 6.28. The molecule has 0 spiro atoms. The van der Waals surface area contributed by atoms with E-state index in [1.165, 1.54) is 6.07 Å². The van der Waals surface area contributed by atoms with Crippen LogP contribution in [0.1, 0.15) is 18.9 Å². The molecule has 2 N–H and O–H groups in total. The number of hydrogen-bond donors (Lipinski definition) is 2. The number of rotatable bonds is 4. The van der Waals surface area contributed by atoms with Gasteiger partial charge in [0, 0.05) is 13.1 Å². The summed E-state index contributed by atoms with van der Waals surface area (Å²) in [6.07, 6.45) is 2.78. The van der Waals surface area contributed by atoms with Crippen molar-refractivity contribution in [3.63, 3.8) is 0 Å². The molecular weight excluding hydrogens is 338 g/mol. The molecule has 4 nitrogen and oxygen atoms in total. The van der Waals surface area contributed by atoms with Crippen LogP contribution in [0.2, 0.25) is 0 Å². The predicted molar refractivity (Wildman–Crippen MR) is 96.7 cm³/mol. The van der Waals surface area contributed by atoms with Crippen LogP contribution in [0.5, 0.6) is 5.75 Å². The molecule has 1 heterocycles. The van der Waals surface area contributed by atoms with Crippen LogP contribution in [0.15, 0.2) is 48.5 Å². The van der Waals surface area contributed by atoms with Gasteiger partial charge in [-0.25, -0.2) is 8.78 Å². The molecule has 0 aliphatic carbocycles. The normalized spacial score (nSPS) is 16.0. The molecule has 3 rings (SSSR count). The highest BCUT2D eigenvalue weighted by Crippen LogP contribution is 2.25. The van der Waals surface area contributed by atoms with Gasteiger partial charge in [-0.1, -0.05) is 24.3 Å². The highest BCUT2D eigenvalue weighted by atomic mass is 19.1. The van der Waals surface area contributed by atoms with Crippen LogP contribution in [0.25, 0.3) is 5.57 Å². The monoisotopic (exact) mass is 358 g/mol. The van der Waals surface area contributed by atoms with Crippen LogP contribution in [-0.2, 0) is 4.79 Å². The Balaban J connectivity index is 1.65. The van der Waals surface area contributed by atoms with Crippen molar-refractivity contribution >= 4 is 17.2 Å². The molecule has 0 radical (unpaired) electrons. The third-order valence-corrected chi connectivity index (χ3v) is 4.62. The van der Waals surface area contributed by atoms with Crippen molar-refractivity contribution in [1.82, 2.24) is 4.90 Å². The van der Waals surface area contributed by atoms with E-state index in [0.29, 0.717) is 13.1 Å². The molecule has 0 aromatic heterocycles. The summed E-state index contributed by atoms with van der Waals surface area (Å²) in [5.74, 6) is -1.81. The molecule has 2 aromatic rings. The Bertz CT molecular complexity index is 814. The van der Waals surface area contributed by atoms with E-state index in [9.17, 15) is 18.7 Å². The van der Waals surface area contributed by atoms with Gasteiger partial charge in [0.05, 0.1) is 6.04 Å². The van der Waals surface area contributed by atoms with Gasteiger partial charge >= 0.3 is 0 Å². The maximum Gasteiger partial charge on any atom is 0.241 e. The number of phenolic OH excluding ortho intramolecular Hbond substituents is 1. The van der Waals surface area contributed by atoms with Crippen LogP contribution in [0.4, 0.5) is 14.5 Å². The minimum absolute atomic E-state index is 0.220. The van der Waals surface area contributed by atoms with Crippen molar-refractivity contribution in [1.29, 1.82) is 0 Å². The zero-order valence-corrected chi connectivity index (χ0v) is 14.4. The fourth-order valence-electron chi connectivity index (χ4n) is 2.99. The topological polar surface area (TPSA) is 52.6 Å². The van der Waals surface area contributed by atoms with Gasteiger partial charge in [0.25, 0.3) is 0 Å². The number of carbonyl (C=O) groups is 1. The number of carbonyl (C=O) groups excluding carboxylic acids is 1. The van der Waals surface area contributed by atoms with Gasteiger partial charge in [0.2, 0.25) is 5.91 Å². The number of benzene rings is 2. The Morgan fingerprint density at radius 3 is 2.38 bits per heavy atom. The van der Waals surface area contributed by atoms with Crippen molar-refractivity contribution in [2.75, 3.05) is 18.4 Å². The Morgan fingerprint density at radius 2 is 1.81 bits per heavy atom. The van der Waals surface area contributed by atoms with E-state index in [2.05, 4.69) is 5.32 Å². The van der Waals surface area contributed by atoms with E-state index in [1.807, 2.05) is 23.1 Å². The first kappa shape index (κ1) is 18.1. The van der Waals surface area contributed by atoms with Crippen molar-refractivity contribution in [2.45, 2.75) is 19.4 Å². The van der Waals surface area contributed by atoms with Crippen molar-refractivity contribution in [2.24, 2.45) is 0 Å². The molecule has 0 saturated heterocycles. The minimum atomic E-state index is -0.793. The van der Waals surface area contributed by atoms with Crippen LogP contribution in [0, 0.1) is 11.6 Å². The first-order valence-electron chi connectivity index (χ1n) is 8.43. The molecule has 1 amide bonds. The van der Waals surface area contributed by atoms with Gasteiger partial charge < -0.3 is 10.4 Å². The Labute approximate surface area is 150 Å². The summed E-state index contributed by atoms with van der Waals surface area (Å²) in [7, 11) is 0. The zero-order valence-electron chi connectivity index (χ0n) is 14.4. The predicted octanol–water partition coefficient (Wildman–Crippen LogP) is 3.79. The standard InChI is InChI=1S/C20H20F2N2O2/c1-13(20(26)23-19-17(21)3-2-4-18(19)22)24-11-9-15(10-12-24)14-5-7-16(25)8-6-14/h2-9,13,25H,10-12H2,1H3,(H,23,26). The van der Waals surface area contributed by atoms with Crippen molar-refractivity contribution in [3.8, 4) is 5.75 Å². The second kappa shape index (κ2) is 7.66. The lowest BCUT2D eigenvalue weighted by atomic mass is 9.98. The highest BCUT2D eigenvalue weighted by Gasteiger charge is 2.25. The lowest BCUT2D eigenvalue weighted by molar-refractivity contribution is -0.120. The van der Waals surface area contributed by atoms with Gasteiger partial charge in [-0.15, -0.1) is 0 Å². The number of hydrogen-bond acceptors (Lipinski definition) is 3. The van der Waals surface area contributed by atoms with E-state index in [1.54, 1.807) is 19.1 Å². The van der Waals surface area contributed by atoms with Crippen LogP contribution in [-0.4, -0.2) is 35.0 Å². The molecule has 1 atom stereocenters. The maximum absolute atomic E-state index is 13.7. The minimum Gasteiger partial charge on any atom is -0.508 e. The third-order valence-electron chi connectivity index (χ3n) is 4.62. The fourth-order valence-corrected chi connectivity index (χ4v) is 2.99. The molecule has 26 heavy (non-hydrogen) atoms. The SMILES string of the molecule is CC(C(=O)Nc1c(F)cccc1F)N1CC=C(c2ccc(O)cc2)CC1.